The van der Waals surface area contributed by atoms with Crippen LogP contribution >= 0.6 is 0 Å². The van der Waals surface area contributed by atoms with Gasteiger partial charge in [-0.1, -0.05) is 55.5 Å². The molecule has 0 bridgehead atoms. The Balaban J connectivity index is 1.57. The third-order valence-electron chi connectivity index (χ3n) is 7.29. The van der Waals surface area contributed by atoms with Gasteiger partial charge in [-0.2, -0.15) is 0 Å². The van der Waals surface area contributed by atoms with Crippen LogP contribution in [0.4, 0.5) is 0 Å². The summed E-state index contributed by atoms with van der Waals surface area (Å²) in [4.78, 5) is 13.2. The second-order valence-corrected chi connectivity index (χ2v) is 9.84. The standard InChI is InChI=1S/C34H30O7/c1-3-16-38-27-11-7-10-25-30(22-12-15-26-29(17-22)41-20-40-26)33(34(35)36)32(31(25)27)24-14-13-23(37-2)18-28(24)39-19-21-8-5-4-6-9-21/h4-15,17-18,30H,3,16,19-20H2,1-2H3,(H,35,36)/t30-/m0/s1. The second kappa shape index (κ2) is 11.3. The van der Waals surface area contributed by atoms with Gasteiger partial charge < -0.3 is 28.8 Å². The van der Waals surface area contributed by atoms with E-state index in [1.807, 2.05) is 85.8 Å². The van der Waals surface area contributed by atoms with Gasteiger partial charge in [-0.15, -0.1) is 0 Å². The molecule has 6 rings (SSSR count). The van der Waals surface area contributed by atoms with Crippen molar-refractivity contribution < 1.29 is 33.6 Å². The predicted octanol–water partition coefficient (Wildman–Crippen LogP) is 6.82. The monoisotopic (exact) mass is 550 g/mol. The molecule has 0 radical (unpaired) electrons. The van der Waals surface area contributed by atoms with Crippen LogP contribution in [0.5, 0.6) is 28.7 Å². The first-order valence-electron chi connectivity index (χ1n) is 13.6. The molecule has 0 saturated carbocycles. The molecular weight excluding hydrogens is 520 g/mol. The van der Waals surface area contributed by atoms with Gasteiger partial charge in [0, 0.05) is 28.7 Å². The normalized spacial score (nSPS) is 15.0. The smallest absolute Gasteiger partial charge is 0.333 e. The van der Waals surface area contributed by atoms with E-state index in [1.165, 1.54) is 0 Å². The summed E-state index contributed by atoms with van der Waals surface area (Å²) in [5.41, 5.74) is 4.82. The SMILES string of the molecule is CCCOc1cccc2c1C(c1ccc(OC)cc1OCc1ccccc1)=C(C(=O)O)[C@H]2c1ccc2c(c1)OCO2. The van der Waals surface area contributed by atoms with Crippen molar-refractivity contribution in [3.63, 3.8) is 0 Å². The minimum atomic E-state index is -1.02. The summed E-state index contributed by atoms with van der Waals surface area (Å²) in [5.74, 6) is 1.40. The molecule has 0 amide bonds. The minimum absolute atomic E-state index is 0.135. The summed E-state index contributed by atoms with van der Waals surface area (Å²) in [6.07, 6.45) is 0.814. The maximum atomic E-state index is 13.2. The van der Waals surface area contributed by atoms with Crippen LogP contribution in [-0.2, 0) is 11.4 Å². The van der Waals surface area contributed by atoms with E-state index in [9.17, 15) is 9.90 Å². The first-order chi connectivity index (χ1) is 20.1. The predicted molar refractivity (Wildman–Crippen MR) is 154 cm³/mol. The first kappa shape index (κ1) is 26.3. The van der Waals surface area contributed by atoms with E-state index in [0.29, 0.717) is 53.1 Å². The average molecular weight is 551 g/mol. The summed E-state index contributed by atoms with van der Waals surface area (Å²) < 4.78 is 29.2. The summed E-state index contributed by atoms with van der Waals surface area (Å²) >= 11 is 0. The van der Waals surface area contributed by atoms with Crippen molar-refractivity contribution in [2.45, 2.75) is 25.9 Å². The molecular formula is C34H30O7. The Kier molecular flexibility index (Phi) is 7.25. The van der Waals surface area contributed by atoms with Crippen molar-refractivity contribution in [2.24, 2.45) is 0 Å². The topological polar surface area (TPSA) is 83.5 Å². The number of hydrogen-bond acceptors (Lipinski definition) is 6. The fraction of sp³-hybridized carbons (Fsp3) is 0.206. The Morgan fingerprint density at radius 2 is 1.73 bits per heavy atom. The van der Waals surface area contributed by atoms with E-state index >= 15 is 0 Å². The zero-order valence-corrected chi connectivity index (χ0v) is 22.9. The Labute approximate surface area is 238 Å². The lowest BCUT2D eigenvalue weighted by Crippen LogP contribution is -2.10. The molecule has 0 aromatic heterocycles. The molecule has 4 aromatic carbocycles. The average Bonchev–Trinajstić information content (AvgIpc) is 3.62. The second-order valence-electron chi connectivity index (χ2n) is 9.84. The maximum Gasteiger partial charge on any atom is 0.333 e. The fourth-order valence-corrected chi connectivity index (χ4v) is 5.46. The molecule has 1 aliphatic heterocycles. The number of hydrogen-bond donors (Lipinski definition) is 1. The van der Waals surface area contributed by atoms with Crippen molar-refractivity contribution in [3.05, 3.63) is 118 Å². The molecule has 4 aromatic rings. The molecule has 1 atom stereocenters. The van der Waals surface area contributed by atoms with Gasteiger partial charge in [0.25, 0.3) is 0 Å². The largest absolute Gasteiger partial charge is 0.497 e. The fourth-order valence-electron chi connectivity index (χ4n) is 5.46. The summed E-state index contributed by atoms with van der Waals surface area (Å²) in [6, 6.07) is 26.7. The minimum Gasteiger partial charge on any atom is -0.497 e. The van der Waals surface area contributed by atoms with E-state index in [4.69, 9.17) is 23.7 Å². The summed E-state index contributed by atoms with van der Waals surface area (Å²) in [6.45, 7) is 2.98. The van der Waals surface area contributed by atoms with Crippen LogP contribution < -0.4 is 23.7 Å². The number of carboxylic acid groups (broad SMARTS) is 1. The van der Waals surface area contributed by atoms with E-state index in [-0.39, 0.29) is 12.4 Å². The molecule has 1 N–H and O–H groups in total. The third-order valence-corrected chi connectivity index (χ3v) is 7.29. The van der Waals surface area contributed by atoms with E-state index in [0.717, 1.165) is 28.7 Å². The highest BCUT2D eigenvalue weighted by atomic mass is 16.7. The lowest BCUT2D eigenvalue weighted by Gasteiger charge is -2.18. The molecule has 208 valence electrons. The molecule has 1 aliphatic carbocycles. The number of rotatable bonds is 10. The van der Waals surface area contributed by atoms with Crippen LogP contribution in [0, 0.1) is 0 Å². The van der Waals surface area contributed by atoms with Gasteiger partial charge in [-0.3, -0.25) is 0 Å². The van der Waals surface area contributed by atoms with Crippen molar-refractivity contribution in [2.75, 3.05) is 20.5 Å². The molecule has 0 unspecified atom stereocenters. The zero-order chi connectivity index (χ0) is 28.3. The van der Waals surface area contributed by atoms with Crippen LogP contribution in [0.15, 0.2) is 90.5 Å². The van der Waals surface area contributed by atoms with Gasteiger partial charge in [0.1, 0.15) is 23.9 Å². The molecule has 0 spiro atoms. The van der Waals surface area contributed by atoms with Crippen molar-refractivity contribution in [1.82, 2.24) is 0 Å². The lowest BCUT2D eigenvalue weighted by molar-refractivity contribution is -0.132. The quantitative estimate of drug-likeness (QED) is 0.232. The Bertz CT molecular complexity index is 1620. The van der Waals surface area contributed by atoms with Crippen LogP contribution in [0.25, 0.3) is 5.57 Å². The van der Waals surface area contributed by atoms with Crippen molar-refractivity contribution in [1.29, 1.82) is 0 Å². The molecule has 7 nitrogen and oxygen atoms in total. The highest BCUT2D eigenvalue weighted by Gasteiger charge is 2.40. The van der Waals surface area contributed by atoms with Crippen molar-refractivity contribution in [3.8, 4) is 28.7 Å². The third kappa shape index (κ3) is 4.95. The molecule has 1 heterocycles. The Hall–Kier alpha value is -4.91. The van der Waals surface area contributed by atoms with E-state index in [1.54, 1.807) is 13.2 Å². The summed E-state index contributed by atoms with van der Waals surface area (Å²) in [7, 11) is 1.59. The van der Waals surface area contributed by atoms with Gasteiger partial charge in [0.15, 0.2) is 11.5 Å². The van der Waals surface area contributed by atoms with Gasteiger partial charge in [-0.05, 0) is 53.4 Å². The van der Waals surface area contributed by atoms with Crippen molar-refractivity contribution >= 4 is 11.5 Å². The van der Waals surface area contributed by atoms with Gasteiger partial charge >= 0.3 is 5.97 Å². The number of aliphatic carboxylic acids is 1. The van der Waals surface area contributed by atoms with Crippen LogP contribution in [0.2, 0.25) is 0 Å². The van der Waals surface area contributed by atoms with Crippen LogP contribution in [0.3, 0.4) is 0 Å². The zero-order valence-electron chi connectivity index (χ0n) is 22.9. The van der Waals surface area contributed by atoms with Gasteiger partial charge in [-0.25, -0.2) is 4.79 Å². The highest BCUT2D eigenvalue weighted by molar-refractivity contribution is 6.08. The highest BCUT2D eigenvalue weighted by Crippen LogP contribution is 2.54. The molecule has 0 fully saturated rings. The summed E-state index contributed by atoms with van der Waals surface area (Å²) in [5, 5.41) is 10.8. The Morgan fingerprint density at radius 3 is 2.51 bits per heavy atom. The number of carboxylic acids is 1. The first-order valence-corrected chi connectivity index (χ1v) is 13.6. The van der Waals surface area contributed by atoms with Gasteiger partial charge in [0.2, 0.25) is 6.79 Å². The Morgan fingerprint density at radius 1 is 0.902 bits per heavy atom. The number of ether oxygens (including phenoxy) is 5. The maximum absolute atomic E-state index is 13.2. The number of fused-ring (bicyclic) bond motifs is 2. The van der Waals surface area contributed by atoms with Gasteiger partial charge in [0.05, 0.1) is 19.3 Å². The lowest BCUT2D eigenvalue weighted by atomic mass is 9.88. The number of benzene rings is 4. The molecule has 7 heteroatoms. The molecule has 2 aliphatic rings. The van der Waals surface area contributed by atoms with E-state index in [2.05, 4.69) is 0 Å². The molecule has 41 heavy (non-hydrogen) atoms. The molecule has 0 saturated heterocycles. The van der Waals surface area contributed by atoms with Crippen LogP contribution in [0.1, 0.15) is 47.1 Å². The number of carbonyl (C=O) groups is 1. The number of methoxy groups -OCH3 is 1. The van der Waals surface area contributed by atoms with Crippen LogP contribution in [-0.4, -0.2) is 31.6 Å². The van der Waals surface area contributed by atoms with E-state index < -0.39 is 11.9 Å².